The largest absolute Gasteiger partial charge is 0.479 e. The fourth-order valence-corrected chi connectivity index (χ4v) is 4.57. The number of hydrogen-bond donors (Lipinski definition) is 1. The molecular formula is C24H29N5O2. The number of pyridine rings is 1. The number of ether oxygens (including phenoxy) is 1. The highest BCUT2D eigenvalue weighted by Crippen LogP contribution is 2.38. The third kappa shape index (κ3) is 3.58. The lowest BCUT2D eigenvalue weighted by Crippen LogP contribution is -2.41. The Labute approximate surface area is 182 Å². The Balaban J connectivity index is 1.61. The van der Waals surface area contributed by atoms with Crippen LogP contribution in [0.5, 0.6) is 5.75 Å². The predicted molar refractivity (Wildman–Crippen MR) is 122 cm³/mol. The summed E-state index contributed by atoms with van der Waals surface area (Å²) in [6, 6.07) is 10.2. The molecule has 2 aliphatic rings. The lowest BCUT2D eigenvalue weighted by Gasteiger charge is -2.30. The smallest absolute Gasteiger partial charge is 0.267 e. The zero-order valence-electron chi connectivity index (χ0n) is 18.4. The van der Waals surface area contributed by atoms with Crippen LogP contribution in [0, 0.1) is 6.92 Å². The van der Waals surface area contributed by atoms with E-state index in [-0.39, 0.29) is 5.91 Å². The molecule has 7 heteroatoms. The molecule has 31 heavy (non-hydrogen) atoms. The number of rotatable bonds is 3. The molecule has 1 atom stereocenters. The number of benzene rings is 1. The number of aromatic nitrogens is 2. The van der Waals surface area contributed by atoms with Gasteiger partial charge in [0.2, 0.25) is 0 Å². The van der Waals surface area contributed by atoms with Crippen molar-refractivity contribution in [2.75, 3.05) is 38.1 Å². The number of imidazole rings is 1. The Bertz CT molecular complexity index is 1130. The number of fused-ring (bicyclic) bond motifs is 2. The molecule has 162 valence electrons. The van der Waals surface area contributed by atoms with Gasteiger partial charge in [0.15, 0.2) is 6.10 Å². The van der Waals surface area contributed by atoms with Crippen LogP contribution in [-0.2, 0) is 11.3 Å². The maximum atomic E-state index is 12.5. The molecule has 2 aliphatic heterocycles. The highest BCUT2D eigenvalue weighted by molar-refractivity contribution is 6.00. The van der Waals surface area contributed by atoms with E-state index in [1.165, 1.54) is 5.69 Å². The van der Waals surface area contributed by atoms with Gasteiger partial charge in [0.25, 0.3) is 5.91 Å². The first-order valence-corrected chi connectivity index (χ1v) is 11.0. The zero-order chi connectivity index (χ0) is 21.5. The average molecular weight is 420 g/mol. The summed E-state index contributed by atoms with van der Waals surface area (Å²) in [5.41, 5.74) is 6.07. The lowest BCUT2D eigenvalue weighted by atomic mass is 10.1. The van der Waals surface area contributed by atoms with Gasteiger partial charge in [0.05, 0.1) is 17.1 Å². The minimum Gasteiger partial charge on any atom is -0.479 e. The van der Waals surface area contributed by atoms with E-state index in [9.17, 15) is 4.79 Å². The van der Waals surface area contributed by atoms with Crippen LogP contribution in [0.2, 0.25) is 0 Å². The number of anilines is 1. The SMILES string of the molecule is Cc1cccn2c(CN3CCCNCC3)c(-c3ccc4c(c3)N(C)C(=O)C(C)O4)nc12. The summed E-state index contributed by atoms with van der Waals surface area (Å²) >= 11 is 0. The normalized spacial score (nSPS) is 19.9. The summed E-state index contributed by atoms with van der Waals surface area (Å²) in [6.45, 7) is 8.88. The van der Waals surface area contributed by atoms with Crippen molar-refractivity contribution in [2.45, 2.75) is 32.9 Å². The third-order valence-corrected chi connectivity index (χ3v) is 6.33. The van der Waals surface area contributed by atoms with Gasteiger partial charge in [-0.25, -0.2) is 4.98 Å². The van der Waals surface area contributed by atoms with Crippen LogP contribution < -0.4 is 15.0 Å². The first-order chi connectivity index (χ1) is 15.0. The predicted octanol–water partition coefficient (Wildman–Crippen LogP) is 2.85. The van der Waals surface area contributed by atoms with E-state index in [0.717, 1.165) is 73.0 Å². The molecule has 4 heterocycles. The van der Waals surface area contributed by atoms with E-state index in [0.29, 0.717) is 0 Å². The van der Waals surface area contributed by atoms with Crippen LogP contribution in [0.3, 0.4) is 0 Å². The van der Waals surface area contributed by atoms with Gasteiger partial charge in [-0.3, -0.25) is 9.69 Å². The quantitative estimate of drug-likeness (QED) is 0.707. The number of nitrogens with one attached hydrogen (secondary N) is 1. The second kappa shape index (κ2) is 7.98. The van der Waals surface area contributed by atoms with Gasteiger partial charge in [0.1, 0.15) is 11.4 Å². The Kier molecular flexibility index (Phi) is 5.16. The van der Waals surface area contributed by atoms with Crippen molar-refractivity contribution in [1.29, 1.82) is 0 Å². The summed E-state index contributed by atoms with van der Waals surface area (Å²) in [4.78, 5) is 21.7. The van der Waals surface area contributed by atoms with Gasteiger partial charge >= 0.3 is 0 Å². The Morgan fingerprint density at radius 3 is 2.97 bits per heavy atom. The van der Waals surface area contributed by atoms with Crippen molar-refractivity contribution < 1.29 is 9.53 Å². The molecule has 1 aromatic carbocycles. The van der Waals surface area contributed by atoms with Crippen molar-refractivity contribution >= 4 is 17.2 Å². The van der Waals surface area contributed by atoms with E-state index >= 15 is 0 Å². The number of nitrogens with zero attached hydrogens (tertiary/aromatic N) is 4. The van der Waals surface area contributed by atoms with Crippen molar-refractivity contribution in [3.63, 3.8) is 0 Å². The molecule has 1 amide bonds. The Morgan fingerprint density at radius 2 is 2.10 bits per heavy atom. The van der Waals surface area contributed by atoms with Crippen LogP contribution in [0.1, 0.15) is 24.6 Å². The molecule has 5 rings (SSSR count). The van der Waals surface area contributed by atoms with Crippen LogP contribution >= 0.6 is 0 Å². The number of carbonyl (C=O) groups is 1. The minimum atomic E-state index is -0.464. The fourth-order valence-electron chi connectivity index (χ4n) is 4.57. The second-order valence-corrected chi connectivity index (χ2v) is 8.51. The van der Waals surface area contributed by atoms with E-state index in [1.807, 2.05) is 19.2 Å². The summed E-state index contributed by atoms with van der Waals surface area (Å²) in [7, 11) is 1.81. The number of likely N-dealkylation sites (N-methyl/N-ethyl adjacent to an activating group) is 1. The molecule has 0 radical (unpaired) electrons. The van der Waals surface area contributed by atoms with E-state index < -0.39 is 6.10 Å². The molecule has 1 N–H and O–H groups in total. The van der Waals surface area contributed by atoms with Crippen LogP contribution in [0.25, 0.3) is 16.9 Å². The average Bonchev–Trinajstić information content (AvgIpc) is 2.94. The molecule has 7 nitrogen and oxygen atoms in total. The zero-order valence-corrected chi connectivity index (χ0v) is 18.4. The maximum absolute atomic E-state index is 12.5. The van der Waals surface area contributed by atoms with Crippen molar-refractivity contribution in [3.8, 4) is 17.0 Å². The van der Waals surface area contributed by atoms with E-state index in [1.54, 1.807) is 11.8 Å². The van der Waals surface area contributed by atoms with Gasteiger partial charge < -0.3 is 19.4 Å². The van der Waals surface area contributed by atoms with Crippen LogP contribution in [0.15, 0.2) is 36.5 Å². The van der Waals surface area contributed by atoms with Crippen molar-refractivity contribution in [2.24, 2.45) is 0 Å². The Hall–Kier alpha value is -2.90. The molecule has 1 fully saturated rings. The topological polar surface area (TPSA) is 62.1 Å². The molecule has 0 aliphatic carbocycles. The summed E-state index contributed by atoms with van der Waals surface area (Å²) in [5.74, 6) is 0.700. The fraction of sp³-hybridized carbons (Fsp3) is 0.417. The lowest BCUT2D eigenvalue weighted by molar-refractivity contribution is -0.125. The molecule has 2 aromatic heterocycles. The minimum absolute atomic E-state index is 0.0345. The molecule has 0 spiro atoms. The van der Waals surface area contributed by atoms with Gasteiger partial charge in [-0.15, -0.1) is 0 Å². The van der Waals surface area contributed by atoms with Gasteiger partial charge in [0, 0.05) is 38.4 Å². The monoisotopic (exact) mass is 419 g/mol. The standard InChI is InChI=1S/C24H29N5O2/c1-16-6-4-12-29-20(15-28-11-5-9-25-10-13-28)22(26-23(16)29)18-7-8-21-19(14-18)27(3)24(30)17(2)31-21/h4,6-8,12,14,17,25H,5,9-11,13,15H2,1-3H3. The van der Waals surface area contributed by atoms with Gasteiger partial charge in [-0.05, 0) is 63.2 Å². The number of amides is 1. The molecule has 1 saturated heterocycles. The summed E-state index contributed by atoms with van der Waals surface area (Å²) in [6.07, 6.45) is 2.78. The number of carbonyl (C=O) groups excluding carboxylic acids is 1. The van der Waals surface area contributed by atoms with Crippen molar-refractivity contribution in [1.82, 2.24) is 19.6 Å². The number of aryl methyl sites for hydroxylation is 1. The Morgan fingerprint density at radius 1 is 1.23 bits per heavy atom. The molecular weight excluding hydrogens is 390 g/mol. The van der Waals surface area contributed by atoms with E-state index in [4.69, 9.17) is 9.72 Å². The molecule has 0 bridgehead atoms. The molecule has 3 aromatic rings. The summed E-state index contributed by atoms with van der Waals surface area (Å²) < 4.78 is 8.04. The third-order valence-electron chi connectivity index (χ3n) is 6.33. The van der Waals surface area contributed by atoms with Gasteiger partial charge in [-0.1, -0.05) is 6.07 Å². The highest BCUT2D eigenvalue weighted by atomic mass is 16.5. The highest BCUT2D eigenvalue weighted by Gasteiger charge is 2.29. The van der Waals surface area contributed by atoms with E-state index in [2.05, 4.69) is 45.9 Å². The van der Waals surface area contributed by atoms with Crippen LogP contribution in [-0.4, -0.2) is 59.5 Å². The maximum Gasteiger partial charge on any atom is 0.267 e. The van der Waals surface area contributed by atoms with Crippen molar-refractivity contribution in [3.05, 3.63) is 47.8 Å². The van der Waals surface area contributed by atoms with Crippen LogP contribution in [0.4, 0.5) is 5.69 Å². The summed E-state index contributed by atoms with van der Waals surface area (Å²) in [5, 5.41) is 3.48. The van der Waals surface area contributed by atoms with Gasteiger partial charge in [-0.2, -0.15) is 0 Å². The number of hydrogen-bond acceptors (Lipinski definition) is 5. The molecule has 1 unspecified atom stereocenters. The first kappa shape index (κ1) is 20.0. The second-order valence-electron chi connectivity index (χ2n) is 8.51. The first-order valence-electron chi connectivity index (χ1n) is 11.0. The molecule has 0 saturated carbocycles.